The first-order valence-electron chi connectivity index (χ1n) is 10.0. The van der Waals surface area contributed by atoms with Gasteiger partial charge in [0.25, 0.3) is 0 Å². The largest absolute Gasteiger partial charge is 0.497 e. The predicted molar refractivity (Wildman–Crippen MR) is 76.3 cm³/mol. The molecule has 1 heterocycles. The third-order valence-electron chi connectivity index (χ3n) is 3.02. The number of nitrogens with zero attached hydrogens (tertiary/aromatic N) is 2. The van der Waals surface area contributed by atoms with Crippen molar-refractivity contribution < 1.29 is 17.1 Å². The molecule has 1 aromatic carbocycles. The molecule has 0 aliphatic rings. The summed E-state index contributed by atoms with van der Waals surface area (Å²) in [6.07, 6.45) is 1.58. The van der Waals surface area contributed by atoms with E-state index in [2.05, 4.69) is 0 Å². The summed E-state index contributed by atoms with van der Waals surface area (Å²) in [5.41, 5.74) is -1.52. The molecule has 98 valence electrons. The number of rotatable bonds is 4. The van der Waals surface area contributed by atoms with Crippen LogP contribution in [0.2, 0.25) is 0 Å². The predicted octanol–water partition coefficient (Wildman–Crippen LogP) is 2.99. The molecule has 0 saturated heterocycles. The Hall–Kier alpha value is -1.48. The Morgan fingerprint density at radius 2 is 2.17 bits per heavy atom. The summed E-state index contributed by atoms with van der Waals surface area (Å²) >= 11 is 0. The second-order valence-electron chi connectivity index (χ2n) is 4.52. The van der Waals surface area contributed by atoms with Gasteiger partial charge in [-0.15, -0.1) is 0 Å². The molecule has 0 unspecified atom stereocenters. The highest BCUT2D eigenvalue weighted by atomic mass is 16.5. The van der Waals surface area contributed by atoms with Crippen molar-refractivity contribution in [3.63, 3.8) is 0 Å². The Bertz CT molecular complexity index is 788. The Morgan fingerprint density at radius 3 is 2.83 bits per heavy atom. The molecular weight excluding hydrogens is 224 g/mol. The molecule has 0 aliphatic carbocycles. The molecular formula is C15H22N2O. The average Bonchev–Trinajstić information content (AvgIpc) is 2.81. The van der Waals surface area contributed by atoms with E-state index in [9.17, 15) is 0 Å². The maximum absolute atomic E-state index is 7.90. The summed E-state index contributed by atoms with van der Waals surface area (Å²) in [6, 6.07) is 6.20. The maximum atomic E-state index is 7.90. The van der Waals surface area contributed by atoms with Crippen molar-refractivity contribution in [3.05, 3.63) is 30.5 Å². The van der Waals surface area contributed by atoms with E-state index in [1.165, 1.54) is 31.1 Å². The number of likely N-dealkylation sites (N-methyl/N-ethyl adjacent to an activating group) is 1. The van der Waals surface area contributed by atoms with Gasteiger partial charge in [0.05, 0.1) is 11.2 Å². The number of ether oxygens (including phenoxy) is 1. The van der Waals surface area contributed by atoms with Crippen molar-refractivity contribution in [1.82, 2.24) is 9.47 Å². The van der Waals surface area contributed by atoms with E-state index in [0.29, 0.717) is 10.9 Å². The number of hydrogen-bond donors (Lipinski definition) is 0. The Balaban J connectivity index is 2.52. The Kier molecular flexibility index (Phi) is 1.46. The van der Waals surface area contributed by atoms with Gasteiger partial charge in [-0.2, -0.15) is 0 Å². The fourth-order valence-corrected chi connectivity index (χ4v) is 1.77. The van der Waals surface area contributed by atoms with Crippen molar-refractivity contribution in [1.29, 1.82) is 0 Å². The zero-order valence-electron chi connectivity index (χ0n) is 19.4. The number of aromatic nitrogens is 1. The van der Waals surface area contributed by atoms with Crippen LogP contribution in [-0.2, 0) is 6.54 Å². The molecule has 2 rings (SSSR count). The zero-order chi connectivity index (χ0) is 20.8. The van der Waals surface area contributed by atoms with Gasteiger partial charge in [0, 0.05) is 37.4 Å². The van der Waals surface area contributed by atoms with Crippen molar-refractivity contribution in [2.45, 2.75) is 25.8 Å². The van der Waals surface area contributed by atoms with Gasteiger partial charge < -0.3 is 14.2 Å². The molecule has 18 heavy (non-hydrogen) atoms. The van der Waals surface area contributed by atoms with E-state index in [0.717, 1.165) is 0 Å². The molecule has 0 bridgehead atoms. The van der Waals surface area contributed by atoms with Gasteiger partial charge in [-0.1, -0.05) is 0 Å². The maximum Gasteiger partial charge on any atom is 0.119 e. The number of methoxy groups -OCH3 is 1. The van der Waals surface area contributed by atoms with Gasteiger partial charge in [-0.05, 0) is 52.1 Å². The van der Waals surface area contributed by atoms with Crippen molar-refractivity contribution in [2.75, 3.05) is 21.1 Å². The van der Waals surface area contributed by atoms with Gasteiger partial charge in [0.2, 0.25) is 0 Å². The molecule has 0 spiro atoms. The molecule has 3 nitrogen and oxygen atoms in total. The average molecular weight is 255 g/mol. The number of hydrogen-bond acceptors (Lipinski definition) is 2. The first-order chi connectivity index (χ1) is 12.1. The van der Waals surface area contributed by atoms with Crippen LogP contribution in [0, 0.1) is 0 Å². The summed E-state index contributed by atoms with van der Waals surface area (Å²) in [5, 5.41) is 0.612. The molecule has 0 aliphatic heterocycles. The van der Waals surface area contributed by atoms with Crippen LogP contribution in [0.5, 0.6) is 5.75 Å². The summed E-state index contributed by atoms with van der Waals surface area (Å²) < 4.78 is 75.3. The molecule has 3 heteroatoms. The summed E-state index contributed by atoms with van der Waals surface area (Å²) in [6.45, 7) is -5.85. The summed E-state index contributed by atoms with van der Waals surface area (Å²) in [5.74, 6) is 0.144. The molecule has 0 radical (unpaired) electrons. The third-order valence-corrected chi connectivity index (χ3v) is 3.02. The molecule has 1 aromatic heterocycles. The topological polar surface area (TPSA) is 17.4 Å². The van der Waals surface area contributed by atoms with Gasteiger partial charge in [-0.25, -0.2) is 0 Å². The molecule has 0 fully saturated rings. The fourth-order valence-electron chi connectivity index (χ4n) is 1.77. The molecule has 0 amide bonds. The van der Waals surface area contributed by atoms with Crippen LogP contribution in [0.25, 0.3) is 10.9 Å². The van der Waals surface area contributed by atoms with E-state index in [-0.39, 0.29) is 12.3 Å². The monoisotopic (exact) mass is 255 g/mol. The lowest BCUT2D eigenvalue weighted by molar-refractivity contribution is 0.171. The standard InChI is InChI=1S/C15H22N2O/c1-15(2,16(3)4)11-17-9-8-12-10-13(18-5)6-7-14(12)17/h6-10H,11H2,1-5H3/i1D3,2D3,5D3. The highest BCUT2D eigenvalue weighted by Crippen LogP contribution is 2.24. The van der Waals surface area contributed by atoms with Crippen LogP contribution < -0.4 is 4.74 Å². The third kappa shape index (κ3) is 2.36. The van der Waals surface area contributed by atoms with Gasteiger partial charge in [0.1, 0.15) is 5.75 Å². The second-order valence-corrected chi connectivity index (χ2v) is 4.52. The summed E-state index contributed by atoms with van der Waals surface area (Å²) in [7, 11) is 0.290. The highest BCUT2D eigenvalue weighted by Gasteiger charge is 2.21. The zero-order valence-corrected chi connectivity index (χ0v) is 10.4. The molecule has 2 aromatic rings. The second kappa shape index (κ2) is 4.65. The van der Waals surface area contributed by atoms with Crippen LogP contribution in [-0.4, -0.2) is 36.1 Å². The highest BCUT2D eigenvalue weighted by molar-refractivity contribution is 5.81. The van der Waals surface area contributed by atoms with Gasteiger partial charge in [-0.3, -0.25) is 0 Å². The Morgan fingerprint density at radius 1 is 1.33 bits per heavy atom. The minimum atomic E-state index is -2.78. The lowest BCUT2D eigenvalue weighted by Crippen LogP contribution is -2.41. The normalized spacial score (nSPS) is 21.8. The first-order valence-corrected chi connectivity index (χ1v) is 5.54. The van der Waals surface area contributed by atoms with E-state index in [1.807, 2.05) is 0 Å². The van der Waals surface area contributed by atoms with Crippen LogP contribution in [0.1, 0.15) is 26.0 Å². The quantitative estimate of drug-likeness (QED) is 0.835. The van der Waals surface area contributed by atoms with Gasteiger partial charge in [0.15, 0.2) is 0 Å². The van der Waals surface area contributed by atoms with Crippen molar-refractivity contribution in [2.24, 2.45) is 0 Å². The van der Waals surface area contributed by atoms with E-state index in [1.54, 1.807) is 22.9 Å². The van der Waals surface area contributed by atoms with Crippen LogP contribution >= 0.6 is 0 Å². The minimum absolute atomic E-state index is 0.144. The Labute approximate surface area is 122 Å². The molecule has 0 N–H and O–H groups in total. The van der Waals surface area contributed by atoms with Crippen molar-refractivity contribution >= 4 is 10.9 Å². The van der Waals surface area contributed by atoms with Crippen LogP contribution in [0.15, 0.2) is 30.5 Å². The first kappa shape index (κ1) is 5.66. The lowest BCUT2D eigenvalue weighted by atomic mass is 10.0. The molecule has 0 atom stereocenters. The van der Waals surface area contributed by atoms with E-state index >= 15 is 0 Å². The van der Waals surface area contributed by atoms with Crippen molar-refractivity contribution in [3.8, 4) is 5.75 Å². The van der Waals surface area contributed by atoms with Crippen LogP contribution in [0.3, 0.4) is 0 Å². The van der Waals surface area contributed by atoms with Gasteiger partial charge >= 0.3 is 0 Å². The van der Waals surface area contributed by atoms with E-state index < -0.39 is 26.3 Å². The van der Waals surface area contributed by atoms with E-state index in [4.69, 9.17) is 17.1 Å². The lowest BCUT2D eigenvalue weighted by Gasteiger charge is -2.33. The number of fused-ring (bicyclic) bond motifs is 1. The SMILES string of the molecule is [2H]C([2H])([2H])Oc1ccc2c(ccn2CC(N(C)C)(C([2H])([2H])[2H])C([2H])([2H])[2H])c1. The van der Waals surface area contributed by atoms with Crippen LogP contribution in [0.4, 0.5) is 0 Å². The summed E-state index contributed by atoms with van der Waals surface area (Å²) in [4.78, 5) is 1.23. The molecule has 0 saturated carbocycles. The minimum Gasteiger partial charge on any atom is -0.497 e. The fraction of sp³-hybridized carbons (Fsp3) is 0.467. The smallest absolute Gasteiger partial charge is 0.119 e. The number of benzene rings is 1.